The van der Waals surface area contributed by atoms with E-state index < -0.39 is 0 Å². The molecule has 8 aromatic carbocycles. The van der Waals surface area contributed by atoms with E-state index in [2.05, 4.69) is 169 Å². The Morgan fingerprint density at radius 1 is 0.429 bits per heavy atom. The fourth-order valence-corrected chi connectivity index (χ4v) is 8.55. The van der Waals surface area contributed by atoms with Crippen molar-refractivity contribution in [3.8, 4) is 22.3 Å². The molecule has 2 aromatic heterocycles. The molecule has 10 aromatic rings. The second-order valence-corrected chi connectivity index (χ2v) is 13.6. The zero-order valence-electron chi connectivity index (χ0n) is 26.5. The van der Waals surface area contributed by atoms with Crippen LogP contribution in [0.3, 0.4) is 0 Å². The fourth-order valence-electron chi connectivity index (χ4n) is 7.42. The van der Waals surface area contributed by atoms with Gasteiger partial charge >= 0.3 is 0 Å². The molecule has 0 saturated heterocycles. The van der Waals surface area contributed by atoms with Crippen molar-refractivity contribution in [2.75, 3.05) is 4.90 Å². The number of thiophene rings is 1. The van der Waals surface area contributed by atoms with Crippen molar-refractivity contribution in [2.24, 2.45) is 0 Å². The van der Waals surface area contributed by atoms with Crippen LogP contribution in [0.1, 0.15) is 0 Å². The van der Waals surface area contributed by atoms with E-state index in [1.165, 1.54) is 42.1 Å². The molecule has 3 heteroatoms. The third-order valence-corrected chi connectivity index (χ3v) is 10.8. The van der Waals surface area contributed by atoms with Gasteiger partial charge in [0.25, 0.3) is 0 Å². The van der Waals surface area contributed by atoms with Gasteiger partial charge in [0.2, 0.25) is 0 Å². The van der Waals surface area contributed by atoms with Crippen LogP contribution in [0.2, 0.25) is 0 Å². The van der Waals surface area contributed by atoms with Crippen LogP contribution < -0.4 is 4.90 Å². The molecule has 0 spiro atoms. The second kappa shape index (κ2) is 11.2. The van der Waals surface area contributed by atoms with E-state index in [0.29, 0.717) is 0 Å². The first-order chi connectivity index (χ1) is 24.3. The molecule has 10 rings (SSSR count). The van der Waals surface area contributed by atoms with Gasteiger partial charge in [-0.05, 0) is 76.0 Å². The average Bonchev–Trinajstić information content (AvgIpc) is 3.74. The van der Waals surface area contributed by atoms with Crippen LogP contribution in [-0.4, -0.2) is 0 Å². The van der Waals surface area contributed by atoms with E-state index in [9.17, 15) is 0 Å². The van der Waals surface area contributed by atoms with Crippen LogP contribution in [-0.2, 0) is 0 Å². The van der Waals surface area contributed by atoms with Gasteiger partial charge in [0, 0.05) is 47.9 Å². The maximum atomic E-state index is 6.41. The topological polar surface area (TPSA) is 16.4 Å². The number of benzene rings is 8. The van der Waals surface area contributed by atoms with E-state index >= 15 is 0 Å². The summed E-state index contributed by atoms with van der Waals surface area (Å²) in [5.74, 6) is 0. The lowest BCUT2D eigenvalue weighted by Crippen LogP contribution is -2.10. The Balaban J connectivity index is 1.17. The summed E-state index contributed by atoms with van der Waals surface area (Å²) < 4.78 is 8.99. The first-order valence-corrected chi connectivity index (χ1v) is 17.4. The van der Waals surface area contributed by atoms with Gasteiger partial charge in [-0.2, -0.15) is 0 Å². The van der Waals surface area contributed by atoms with Crippen molar-refractivity contribution >= 4 is 81.3 Å². The fraction of sp³-hybridized carbons (Fsp3) is 0. The summed E-state index contributed by atoms with van der Waals surface area (Å²) in [6.45, 7) is 0. The number of fused-ring (bicyclic) bond motifs is 7. The van der Waals surface area contributed by atoms with E-state index in [1.807, 2.05) is 23.5 Å². The monoisotopic (exact) mass is 643 g/mol. The summed E-state index contributed by atoms with van der Waals surface area (Å²) in [6.07, 6.45) is 0. The second-order valence-electron chi connectivity index (χ2n) is 12.5. The highest BCUT2D eigenvalue weighted by Gasteiger charge is 2.20. The quantitative estimate of drug-likeness (QED) is 0.186. The van der Waals surface area contributed by atoms with E-state index in [-0.39, 0.29) is 0 Å². The maximum Gasteiger partial charge on any atom is 0.143 e. The SMILES string of the molecule is c1cc(-c2cccc3ccccc23)cc(N(c2ccc(-c3cccc4c3oc3ccccc34)cc2)c2cccc3sc4ccccc4c23)c1. The van der Waals surface area contributed by atoms with Crippen molar-refractivity contribution in [1.82, 2.24) is 0 Å². The van der Waals surface area contributed by atoms with Gasteiger partial charge in [0.15, 0.2) is 0 Å². The highest BCUT2D eigenvalue weighted by atomic mass is 32.1. The predicted octanol–water partition coefficient (Wildman–Crippen LogP) is 13.9. The first-order valence-electron chi connectivity index (χ1n) is 16.6. The van der Waals surface area contributed by atoms with Gasteiger partial charge in [0.1, 0.15) is 11.2 Å². The minimum absolute atomic E-state index is 0.912. The molecule has 2 heterocycles. The number of furan rings is 1. The van der Waals surface area contributed by atoms with Gasteiger partial charge in [-0.25, -0.2) is 0 Å². The molecule has 0 saturated carbocycles. The third-order valence-electron chi connectivity index (χ3n) is 9.67. The van der Waals surface area contributed by atoms with Crippen LogP contribution in [0.5, 0.6) is 0 Å². The van der Waals surface area contributed by atoms with Gasteiger partial charge in [0.05, 0.1) is 5.69 Å². The van der Waals surface area contributed by atoms with Crippen molar-refractivity contribution < 1.29 is 4.42 Å². The minimum Gasteiger partial charge on any atom is -0.455 e. The summed E-state index contributed by atoms with van der Waals surface area (Å²) in [5, 5.41) is 7.33. The molecule has 0 aliphatic rings. The van der Waals surface area contributed by atoms with Crippen LogP contribution in [0.4, 0.5) is 17.1 Å². The van der Waals surface area contributed by atoms with E-state index in [4.69, 9.17) is 4.42 Å². The minimum atomic E-state index is 0.912. The summed E-state index contributed by atoms with van der Waals surface area (Å²) in [7, 11) is 0. The van der Waals surface area contributed by atoms with Crippen molar-refractivity contribution in [3.63, 3.8) is 0 Å². The van der Waals surface area contributed by atoms with Gasteiger partial charge in [-0.1, -0.05) is 127 Å². The number of rotatable bonds is 5. The van der Waals surface area contributed by atoms with Crippen molar-refractivity contribution in [3.05, 3.63) is 176 Å². The smallest absolute Gasteiger partial charge is 0.143 e. The number of nitrogens with zero attached hydrogens (tertiary/aromatic N) is 1. The number of para-hydroxylation sites is 2. The number of anilines is 3. The lowest BCUT2D eigenvalue weighted by Gasteiger charge is -2.27. The maximum absolute atomic E-state index is 6.41. The summed E-state index contributed by atoms with van der Waals surface area (Å²) in [4.78, 5) is 2.42. The van der Waals surface area contributed by atoms with Crippen LogP contribution in [0.15, 0.2) is 180 Å². The molecule has 2 nitrogen and oxygen atoms in total. The molecule has 0 unspecified atom stereocenters. The number of hydrogen-bond acceptors (Lipinski definition) is 3. The summed E-state index contributed by atoms with van der Waals surface area (Å²) in [6, 6.07) is 63.2. The summed E-state index contributed by atoms with van der Waals surface area (Å²) >= 11 is 1.85. The van der Waals surface area contributed by atoms with Crippen LogP contribution in [0, 0.1) is 0 Å². The molecule has 0 amide bonds. The summed E-state index contributed by atoms with van der Waals surface area (Å²) in [5.41, 5.74) is 9.84. The molecular weight excluding hydrogens is 615 g/mol. The Morgan fingerprint density at radius 2 is 1.10 bits per heavy atom. The molecule has 0 N–H and O–H groups in total. The lowest BCUT2D eigenvalue weighted by atomic mass is 9.97. The molecular formula is C46H29NOS. The highest BCUT2D eigenvalue weighted by molar-refractivity contribution is 7.26. The first kappa shape index (κ1) is 27.9. The molecule has 0 aliphatic carbocycles. The molecule has 49 heavy (non-hydrogen) atoms. The van der Waals surface area contributed by atoms with Gasteiger partial charge in [-0.15, -0.1) is 11.3 Å². The normalized spacial score (nSPS) is 11.7. The number of hydrogen-bond donors (Lipinski definition) is 0. The largest absolute Gasteiger partial charge is 0.455 e. The molecule has 230 valence electrons. The third kappa shape index (κ3) is 4.55. The molecule has 0 bridgehead atoms. The molecule has 0 atom stereocenters. The standard InChI is InChI=1S/C46H29NOS/c1-2-15-35-30(11-1)12-8-18-36(35)32-13-7-14-34(29-32)47(41-21-10-24-44-45(41)40-17-4-6-23-43(40)49-44)33-27-25-31(26-28-33)37-19-9-20-39-38-16-3-5-22-42(38)48-46(37)39/h1-29H. The Hall–Kier alpha value is -6.16. The Bertz CT molecular complexity index is 2840. The molecule has 0 radical (unpaired) electrons. The predicted molar refractivity (Wildman–Crippen MR) is 210 cm³/mol. The zero-order valence-corrected chi connectivity index (χ0v) is 27.3. The zero-order chi connectivity index (χ0) is 32.3. The Morgan fingerprint density at radius 3 is 2.02 bits per heavy atom. The van der Waals surface area contributed by atoms with Gasteiger partial charge < -0.3 is 9.32 Å². The highest BCUT2D eigenvalue weighted by Crippen LogP contribution is 2.46. The van der Waals surface area contributed by atoms with Crippen LogP contribution in [0.25, 0.3) is 75.1 Å². The average molecular weight is 644 g/mol. The van der Waals surface area contributed by atoms with E-state index in [0.717, 1.165) is 50.1 Å². The molecule has 0 fully saturated rings. The van der Waals surface area contributed by atoms with Crippen molar-refractivity contribution in [1.29, 1.82) is 0 Å². The van der Waals surface area contributed by atoms with Gasteiger partial charge in [-0.3, -0.25) is 0 Å². The van der Waals surface area contributed by atoms with Crippen molar-refractivity contribution in [2.45, 2.75) is 0 Å². The van der Waals surface area contributed by atoms with E-state index in [1.54, 1.807) is 0 Å². The molecule has 0 aliphatic heterocycles. The Labute approximate surface area is 287 Å². The Kier molecular flexibility index (Phi) is 6.39. The lowest BCUT2D eigenvalue weighted by molar-refractivity contribution is 0.670. The van der Waals surface area contributed by atoms with Crippen LogP contribution >= 0.6 is 11.3 Å².